The number of rotatable bonds is 4. The summed E-state index contributed by atoms with van der Waals surface area (Å²) in [6.07, 6.45) is -2.81. The van der Waals surface area contributed by atoms with Gasteiger partial charge in [-0.15, -0.1) is 0 Å². The van der Waals surface area contributed by atoms with E-state index < -0.39 is 17.8 Å². The van der Waals surface area contributed by atoms with Crippen LogP contribution in [0.3, 0.4) is 0 Å². The summed E-state index contributed by atoms with van der Waals surface area (Å²) >= 11 is 0. The number of nitrogens with one attached hydrogen (secondary N) is 2. The van der Waals surface area contributed by atoms with Gasteiger partial charge in [0, 0.05) is 18.9 Å². The lowest BCUT2D eigenvalue weighted by molar-refractivity contribution is -0.137. The number of aryl methyl sites for hydroxylation is 1. The zero-order chi connectivity index (χ0) is 19.4. The topological polar surface area (TPSA) is 71.8 Å². The summed E-state index contributed by atoms with van der Waals surface area (Å²) in [4.78, 5) is 16.2. The van der Waals surface area contributed by atoms with Crippen LogP contribution in [-0.2, 0) is 19.8 Å². The van der Waals surface area contributed by atoms with E-state index in [1.54, 1.807) is 30.1 Å². The van der Waals surface area contributed by atoms with Gasteiger partial charge in [-0.3, -0.25) is 9.67 Å². The van der Waals surface area contributed by atoms with Crippen molar-refractivity contribution in [3.63, 3.8) is 0 Å². The number of urea groups is 1. The normalized spacial score (nSPS) is 11.3. The van der Waals surface area contributed by atoms with Crippen molar-refractivity contribution in [3.8, 4) is 11.4 Å². The van der Waals surface area contributed by atoms with Crippen LogP contribution in [0, 0.1) is 0 Å². The summed E-state index contributed by atoms with van der Waals surface area (Å²) in [5, 5.41) is 9.33. The number of carbonyl (C=O) groups is 1. The molecule has 3 rings (SSSR count). The van der Waals surface area contributed by atoms with Crippen molar-refractivity contribution >= 4 is 11.7 Å². The minimum atomic E-state index is -4.47. The van der Waals surface area contributed by atoms with Gasteiger partial charge in [-0.25, -0.2) is 4.79 Å². The van der Waals surface area contributed by atoms with Crippen LogP contribution >= 0.6 is 0 Å². The molecule has 2 amide bonds. The Labute approximate surface area is 153 Å². The molecule has 0 aliphatic heterocycles. The first-order valence-electron chi connectivity index (χ1n) is 7.99. The summed E-state index contributed by atoms with van der Waals surface area (Å²) in [6.45, 7) is 0.154. The maximum absolute atomic E-state index is 12.7. The predicted octanol–water partition coefficient (Wildman–Crippen LogP) is 3.82. The molecule has 0 atom stereocenters. The molecule has 2 N–H and O–H groups in total. The molecule has 0 fully saturated rings. The molecule has 27 heavy (non-hydrogen) atoms. The van der Waals surface area contributed by atoms with E-state index in [2.05, 4.69) is 20.7 Å². The van der Waals surface area contributed by atoms with Gasteiger partial charge in [0.15, 0.2) is 0 Å². The van der Waals surface area contributed by atoms with E-state index >= 15 is 0 Å². The molecule has 2 aromatic heterocycles. The number of hydrogen-bond donors (Lipinski definition) is 2. The summed E-state index contributed by atoms with van der Waals surface area (Å²) in [5.41, 5.74) is 1.31. The molecule has 6 nitrogen and oxygen atoms in total. The Bertz CT molecular complexity index is 938. The van der Waals surface area contributed by atoms with Crippen LogP contribution in [0.15, 0.2) is 54.7 Å². The van der Waals surface area contributed by atoms with Gasteiger partial charge < -0.3 is 10.6 Å². The first-order valence-corrected chi connectivity index (χ1v) is 7.99. The standard InChI is InChI=1S/C18H16F3N5O/c1-26-14(10-16(25-26)15-7-2-3-8-22-15)11-23-17(27)24-13-6-4-5-12(9-13)18(19,20)21/h2-10H,11H2,1H3,(H2,23,24,27). The Morgan fingerprint density at radius 3 is 2.63 bits per heavy atom. The van der Waals surface area contributed by atoms with Crippen molar-refractivity contribution < 1.29 is 18.0 Å². The smallest absolute Gasteiger partial charge is 0.332 e. The Morgan fingerprint density at radius 2 is 1.93 bits per heavy atom. The molecule has 3 aromatic rings. The van der Waals surface area contributed by atoms with Crippen molar-refractivity contribution in [2.24, 2.45) is 7.05 Å². The third-order valence-corrected chi connectivity index (χ3v) is 3.78. The second-order valence-electron chi connectivity index (χ2n) is 5.75. The van der Waals surface area contributed by atoms with Gasteiger partial charge in [-0.05, 0) is 36.4 Å². The van der Waals surface area contributed by atoms with Crippen LogP contribution in [0.25, 0.3) is 11.4 Å². The number of nitrogens with zero attached hydrogens (tertiary/aromatic N) is 3. The minimum absolute atomic E-state index is 0.0569. The maximum Gasteiger partial charge on any atom is 0.416 e. The largest absolute Gasteiger partial charge is 0.416 e. The van der Waals surface area contributed by atoms with Gasteiger partial charge in [0.05, 0.1) is 23.5 Å². The summed E-state index contributed by atoms with van der Waals surface area (Å²) < 4.78 is 39.8. The van der Waals surface area contributed by atoms with Crippen LogP contribution in [0.1, 0.15) is 11.3 Å². The van der Waals surface area contributed by atoms with Gasteiger partial charge >= 0.3 is 12.2 Å². The average Bonchev–Trinajstić information content (AvgIpc) is 3.01. The zero-order valence-corrected chi connectivity index (χ0v) is 14.3. The van der Waals surface area contributed by atoms with Gasteiger partial charge in [0.1, 0.15) is 5.69 Å². The molecular weight excluding hydrogens is 359 g/mol. The number of alkyl halides is 3. The fourth-order valence-corrected chi connectivity index (χ4v) is 2.43. The van der Waals surface area contributed by atoms with Crippen molar-refractivity contribution in [2.75, 3.05) is 5.32 Å². The third-order valence-electron chi connectivity index (χ3n) is 3.78. The van der Waals surface area contributed by atoms with E-state index in [4.69, 9.17) is 0 Å². The lowest BCUT2D eigenvalue weighted by Gasteiger charge is -2.10. The highest BCUT2D eigenvalue weighted by atomic mass is 19.4. The lowest BCUT2D eigenvalue weighted by atomic mass is 10.2. The highest BCUT2D eigenvalue weighted by molar-refractivity contribution is 5.89. The Balaban J connectivity index is 1.62. The zero-order valence-electron chi connectivity index (χ0n) is 14.3. The number of benzene rings is 1. The average molecular weight is 375 g/mol. The molecule has 0 saturated heterocycles. The number of amides is 2. The molecule has 140 valence electrons. The van der Waals surface area contributed by atoms with Crippen LogP contribution < -0.4 is 10.6 Å². The predicted molar refractivity (Wildman–Crippen MR) is 93.7 cm³/mol. The van der Waals surface area contributed by atoms with Crippen LogP contribution in [0.4, 0.5) is 23.7 Å². The number of pyridine rings is 1. The monoisotopic (exact) mass is 375 g/mol. The van der Waals surface area contributed by atoms with Crippen molar-refractivity contribution in [2.45, 2.75) is 12.7 Å². The molecule has 0 saturated carbocycles. The molecule has 0 radical (unpaired) electrons. The third kappa shape index (κ3) is 4.63. The Morgan fingerprint density at radius 1 is 1.11 bits per heavy atom. The molecule has 0 aliphatic rings. The van der Waals surface area contributed by atoms with E-state index in [1.165, 1.54) is 12.1 Å². The number of anilines is 1. The quantitative estimate of drug-likeness (QED) is 0.728. The van der Waals surface area contributed by atoms with Gasteiger partial charge in [-0.1, -0.05) is 12.1 Å². The van der Waals surface area contributed by atoms with E-state index in [0.29, 0.717) is 11.4 Å². The molecule has 0 bridgehead atoms. The first-order chi connectivity index (χ1) is 12.8. The van der Waals surface area contributed by atoms with Gasteiger partial charge in [0.2, 0.25) is 0 Å². The van der Waals surface area contributed by atoms with Crippen molar-refractivity contribution in [3.05, 3.63) is 66.0 Å². The first kappa shape index (κ1) is 18.4. The summed E-state index contributed by atoms with van der Waals surface area (Å²) in [7, 11) is 1.73. The second-order valence-corrected chi connectivity index (χ2v) is 5.75. The molecule has 0 spiro atoms. The summed E-state index contributed by atoms with van der Waals surface area (Å²) in [5.74, 6) is 0. The van der Waals surface area contributed by atoms with Gasteiger partial charge in [-0.2, -0.15) is 18.3 Å². The minimum Gasteiger partial charge on any atom is -0.332 e. The van der Waals surface area contributed by atoms with Crippen LogP contribution in [0.5, 0.6) is 0 Å². The number of aromatic nitrogens is 3. The fraction of sp³-hybridized carbons (Fsp3) is 0.167. The summed E-state index contributed by atoms with van der Waals surface area (Å²) in [6, 6.07) is 11.1. The molecule has 1 aromatic carbocycles. The van der Waals surface area contributed by atoms with E-state index in [9.17, 15) is 18.0 Å². The molecular formula is C18H16F3N5O. The SMILES string of the molecule is Cn1nc(-c2ccccn2)cc1CNC(=O)Nc1cccc(C(F)(F)F)c1. The second kappa shape index (κ2) is 7.48. The van der Waals surface area contributed by atoms with E-state index in [0.717, 1.165) is 17.8 Å². The fourth-order valence-electron chi connectivity index (χ4n) is 2.43. The van der Waals surface area contributed by atoms with E-state index in [1.807, 2.05) is 12.1 Å². The molecule has 0 aliphatic carbocycles. The number of halogens is 3. The van der Waals surface area contributed by atoms with Crippen LogP contribution in [0.2, 0.25) is 0 Å². The number of carbonyl (C=O) groups excluding carboxylic acids is 1. The molecule has 9 heteroatoms. The maximum atomic E-state index is 12.7. The van der Waals surface area contributed by atoms with Crippen LogP contribution in [-0.4, -0.2) is 20.8 Å². The van der Waals surface area contributed by atoms with Crippen molar-refractivity contribution in [1.82, 2.24) is 20.1 Å². The number of hydrogen-bond acceptors (Lipinski definition) is 3. The molecule has 0 unspecified atom stereocenters. The Hall–Kier alpha value is -3.36. The molecule has 2 heterocycles. The highest BCUT2D eigenvalue weighted by Gasteiger charge is 2.30. The highest BCUT2D eigenvalue weighted by Crippen LogP contribution is 2.30. The van der Waals surface area contributed by atoms with Crippen molar-refractivity contribution in [1.29, 1.82) is 0 Å². The van der Waals surface area contributed by atoms with E-state index in [-0.39, 0.29) is 12.2 Å². The van der Waals surface area contributed by atoms with Gasteiger partial charge in [0.25, 0.3) is 0 Å². The lowest BCUT2D eigenvalue weighted by Crippen LogP contribution is -2.29. The Kier molecular flexibility index (Phi) is 5.11.